The van der Waals surface area contributed by atoms with Crippen LogP contribution in [0.4, 0.5) is 5.13 Å². The Morgan fingerprint density at radius 1 is 0.893 bits per heavy atom. The molecule has 1 N–H and O–H groups in total. The van der Waals surface area contributed by atoms with Crippen LogP contribution in [0.3, 0.4) is 0 Å². The van der Waals surface area contributed by atoms with Crippen LogP contribution in [0.15, 0.2) is 78.3 Å². The number of carbonyl (C=O) groups excluding carboxylic acids is 1. The minimum atomic E-state index is -0.225. The van der Waals surface area contributed by atoms with Crippen LogP contribution in [0.5, 0.6) is 0 Å². The topological polar surface area (TPSA) is 67.8 Å². The summed E-state index contributed by atoms with van der Waals surface area (Å²) < 4.78 is 0. The predicted molar refractivity (Wildman–Crippen MR) is 113 cm³/mol. The second kappa shape index (κ2) is 6.83. The Hall–Kier alpha value is -3.64. The molecule has 28 heavy (non-hydrogen) atoms. The van der Waals surface area contributed by atoms with E-state index in [2.05, 4.69) is 33.7 Å². The number of benzene rings is 3. The summed E-state index contributed by atoms with van der Waals surface area (Å²) in [5, 5.41) is 14.0. The number of hydrogen-bond donors (Lipinski definition) is 1. The lowest BCUT2D eigenvalue weighted by Gasteiger charge is -2.11. The molecule has 0 aliphatic rings. The molecule has 0 saturated carbocycles. The number of amides is 1. The molecule has 0 saturated heterocycles. The van der Waals surface area contributed by atoms with E-state index in [1.165, 1.54) is 11.3 Å². The Morgan fingerprint density at radius 3 is 2.54 bits per heavy atom. The molecule has 5 nitrogen and oxygen atoms in total. The van der Waals surface area contributed by atoms with Gasteiger partial charge < -0.3 is 0 Å². The monoisotopic (exact) mass is 382 g/mol. The van der Waals surface area contributed by atoms with Gasteiger partial charge >= 0.3 is 0 Å². The highest BCUT2D eigenvalue weighted by Crippen LogP contribution is 2.30. The van der Waals surface area contributed by atoms with Crippen molar-refractivity contribution >= 4 is 44.1 Å². The third-order valence-electron chi connectivity index (χ3n) is 4.61. The van der Waals surface area contributed by atoms with Gasteiger partial charge in [0.2, 0.25) is 5.13 Å². The molecule has 6 heteroatoms. The third-order valence-corrected chi connectivity index (χ3v) is 5.21. The van der Waals surface area contributed by atoms with Crippen LogP contribution >= 0.6 is 11.3 Å². The van der Waals surface area contributed by atoms with E-state index in [1.807, 2.05) is 54.6 Å². The maximum absolute atomic E-state index is 13.0. The zero-order valence-corrected chi connectivity index (χ0v) is 15.5. The van der Waals surface area contributed by atoms with Crippen LogP contribution in [-0.2, 0) is 0 Å². The minimum absolute atomic E-state index is 0.225. The predicted octanol–water partition coefficient (Wildman–Crippen LogP) is 5.16. The maximum Gasteiger partial charge on any atom is 0.258 e. The first kappa shape index (κ1) is 16.5. The zero-order valence-electron chi connectivity index (χ0n) is 14.7. The van der Waals surface area contributed by atoms with Crippen LogP contribution in [0.1, 0.15) is 10.4 Å². The van der Waals surface area contributed by atoms with Crippen molar-refractivity contribution in [3.05, 3.63) is 83.9 Å². The second-order valence-corrected chi connectivity index (χ2v) is 7.13. The van der Waals surface area contributed by atoms with Gasteiger partial charge in [0.25, 0.3) is 5.91 Å². The van der Waals surface area contributed by atoms with Gasteiger partial charge in [0.15, 0.2) is 0 Å². The van der Waals surface area contributed by atoms with E-state index in [-0.39, 0.29) is 5.91 Å². The van der Waals surface area contributed by atoms with Crippen molar-refractivity contribution < 1.29 is 4.79 Å². The highest BCUT2D eigenvalue weighted by Gasteiger charge is 2.16. The summed E-state index contributed by atoms with van der Waals surface area (Å²) in [6.45, 7) is 0. The molecule has 0 aliphatic heterocycles. The number of carbonyl (C=O) groups is 1. The summed E-state index contributed by atoms with van der Waals surface area (Å²) in [6.07, 6.45) is 0. The van der Waals surface area contributed by atoms with Gasteiger partial charge in [0.1, 0.15) is 5.51 Å². The zero-order chi connectivity index (χ0) is 18.9. The summed E-state index contributed by atoms with van der Waals surface area (Å²) in [4.78, 5) is 17.8. The highest BCUT2D eigenvalue weighted by molar-refractivity contribution is 7.13. The number of nitrogens with one attached hydrogen (secondary N) is 1. The van der Waals surface area contributed by atoms with E-state index in [4.69, 9.17) is 4.98 Å². The molecule has 2 heterocycles. The van der Waals surface area contributed by atoms with Crippen LogP contribution in [0.25, 0.3) is 32.9 Å². The standard InChI is InChI=1S/C22H14N4OS/c27-21(25-22-26-23-13-28-22)18-12-20(24-19-11-4-3-9-17(18)19)16-10-5-7-14-6-1-2-8-15(14)16/h1-13H,(H,25,26,27). The smallest absolute Gasteiger partial charge is 0.258 e. The van der Waals surface area contributed by atoms with Crippen molar-refractivity contribution in [1.29, 1.82) is 0 Å². The van der Waals surface area contributed by atoms with Gasteiger partial charge in [-0.25, -0.2) is 4.98 Å². The molecular weight excluding hydrogens is 368 g/mol. The van der Waals surface area contributed by atoms with Crippen LogP contribution in [0, 0.1) is 0 Å². The van der Waals surface area contributed by atoms with E-state index in [0.29, 0.717) is 10.7 Å². The number of rotatable bonds is 3. The fourth-order valence-electron chi connectivity index (χ4n) is 3.34. The molecule has 2 aromatic heterocycles. The quantitative estimate of drug-likeness (QED) is 0.468. The lowest BCUT2D eigenvalue weighted by molar-refractivity contribution is 0.102. The van der Waals surface area contributed by atoms with Gasteiger partial charge in [-0.05, 0) is 22.9 Å². The average Bonchev–Trinajstić information content (AvgIpc) is 3.25. The first-order chi connectivity index (χ1) is 13.8. The third kappa shape index (κ3) is 2.90. The SMILES string of the molecule is O=C(Nc1nncs1)c1cc(-c2cccc3ccccc23)nc2ccccc12. The molecular formula is C22H14N4OS. The largest absolute Gasteiger partial charge is 0.296 e. The van der Waals surface area contributed by atoms with Crippen LogP contribution < -0.4 is 5.32 Å². The summed E-state index contributed by atoms with van der Waals surface area (Å²) >= 11 is 1.28. The number of hydrogen-bond acceptors (Lipinski definition) is 5. The maximum atomic E-state index is 13.0. The van der Waals surface area contributed by atoms with E-state index in [9.17, 15) is 4.79 Å². The number of aromatic nitrogens is 3. The fraction of sp³-hybridized carbons (Fsp3) is 0. The summed E-state index contributed by atoms with van der Waals surface area (Å²) in [7, 11) is 0. The van der Waals surface area contributed by atoms with Crippen LogP contribution in [-0.4, -0.2) is 21.1 Å². The first-order valence-corrected chi connectivity index (χ1v) is 9.63. The van der Waals surface area contributed by atoms with Gasteiger partial charge in [-0.1, -0.05) is 72.0 Å². The van der Waals surface area contributed by atoms with Gasteiger partial charge in [-0.3, -0.25) is 10.1 Å². The molecule has 5 rings (SSSR count). The van der Waals surface area contributed by atoms with E-state index < -0.39 is 0 Å². The molecule has 0 bridgehead atoms. The Balaban J connectivity index is 1.71. The van der Waals surface area contributed by atoms with Crippen molar-refractivity contribution in [3.63, 3.8) is 0 Å². The van der Waals surface area contributed by atoms with Crippen molar-refractivity contribution in [3.8, 4) is 11.3 Å². The molecule has 0 radical (unpaired) electrons. The molecule has 134 valence electrons. The number of para-hydroxylation sites is 1. The Morgan fingerprint density at radius 2 is 1.68 bits per heavy atom. The molecule has 0 unspecified atom stereocenters. The van der Waals surface area contributed by atoms with Crippen molar-refractivity contribution in [2.75, 3.05) is 5.32 Å². The van der Waals surface area contributed by atoms with Crippen molar-refractivity contribution in [2.24, 2.45) is 0 Å². The molecule has 0 aliphatic carbocycles. The van der Waals surface area contributed by atoms with E-state index in [1.54, 1.807) is 5.51 Å². The van der Waals surface area contributed by atoms with Crippen LogP contribution in [0.2, 0.25) is 0 Å². The minimum Gasteiger partial charge on any atom is -0.296 e. The summed E-state index contributed by atoms with van der Waals surface area (Å²) in [5.74, 6) is -0.225. The number of fused-ring (bicyclic) bond motifs is 2. The van der Waals surface area contributed by atoms with Gasteiger partial charge in [0.05, 0.1) is 16.8 Å². The van der Waals surface area contributed by atoms with E-state index >= 15 is 0 Å². The van der Waals surface area contributed by atoms with Crippen molar-refractivity contribution in [1.82, 2.24) is 15.2 Å². The van der Waals surface area contributed by atoms with Gasteiger partial charge in [0, 0.05) is 10.9 Å². The molecule has 0 atom stereocenters. The Kier molecular flexibility index (Phi) is 4.03. The highest BCUT2D eigenvalue weighted by atomic mass is 32.1. The molecule has 5 aromatic rings. The molecule has 1 amide bonds. The molecule has 3 aromatic carbocycles. The average molecular weight is 382 g/mol. The summed E-state index contributed by atoms with van der Waals surface area (Å²) in [6, 6.07) is 23.8. The summed E-state index contributed by atoms with van der Waals surface area (Å²) in [5.41, 5.74) is 4.67. The Labute approximate surface area is 164 Å². The number of nitrogens with zero attached hydrogens (tertiary/aromatic N) is 3. The second-order valence-electron chi connectivity index (χ2n) is 6.30. The van der Waals surface area contributed by atoms with E-state index in [0.717, 1.165) is 32.9 Å². The van der Waals surface area contributed by atoms with Gasteiger partial charge in [-0.2, -0.15) is 0 Å². The van der Waals surface area contributed by atoms with Crippen molar-refractivity contribution in [2.45, 2.75) is 0 Å². The lowest BCUT2D eigenvalue weighted by atomic mass is 9.99. The first-order valence-electron chi connectivity index (χ1n) is 8.75. The molecule has 0 spiro atoms. The lowest BCUT2D eigenvalue weighted by Crippen LogP contribution is -2.13. The Bertz CT molecular complexity index is 1310. The number of pyridine rings is 1. The fourth-order valence-corrected chi connectivity index (χ4v) is 3.78. The number of anilines is 1. The molecule has 0 fully saturated rings. The normalized spacial score (nSPS) is 11.0. The van der Waals surface area contributed by atoms with Gasteiger partial charge in [-0.15, -0.1) is 10.2 Å².